The van der Waals surface area contributed by atoms with Crippen LogP contribution in [0.5, 0.6) is 0 Å². The van der Waals surface area contributed by atoms with Crippen LogP contribution in [0.4, 0.5) is 4.79 Å². The molecule has 42 heavy (non-hydrogen) atoms. The predicted molar refractivity (Wildman–Crippen MR) is 157 cm³/mol. The van der Waals surface area contributed by atoms with Crippen molar-refractivity contribution < 1.29 is 33.3 Å². The Labute approximate surface area is 250 Å². The van der Waals surface area contributed by atoms with Crippen molar-refractivity contribution in [1.29, 1.82) is 0 Å². The van der Waals surface area contributed by atoms with Gasteiger partial charge in [-0.05, 0) is 78.2 Å². The SMILES string of the molecule is CCOC(=O)[C@H]1CC[C@H](OC(C(=O)OC(C)(C)C)(N2CCCC2)N2CCCN(C(=O)OCc3ccccc3)CC2)CC1. The molecule has 3 fully saturated rings. The third kappa shape index (κ3) is 8.23. The number of benzene rings is 1. The van der Waals surface area contributed by atoms with Crippen LogP contribution in [-0.4, -0.2) is 96.2 Å². The molecule has 3 aliphatic rings. The summed E-state index contributed by atoms with van der Waals surface area (Å²) >= 11 is 0. The molecule has 1 saturated carbocycles. The van der Waals surface area contributed by atoms with Crippen molar-refractivity contribution in [3.8, 4) is 0 Å². The average Bonchev–Trinajstić information content (AvgIpc) is 3.39. The fourth-order valence-corrected chi connectivity index (χ4v) is 6.14. The van der Waals surface area contributed by atoms with Gasteiger partial charge >= 0.3 is 18.0 Å². The zero-order valence-electron chi connectivity index (χ0n) is 25.8. The number of nitrogens with zero attached hydrogens (tertiary/aromatic N) is 3. The van der Waals surface area contributed by atoms with Crippen LogP contribution in [0.3, 0.4) is 0 Å². The molecule has 2 saturated heterocycles. The van der Waals surface area contributed by atoms with Crippen molar-refractivity contribution in [2.75, 3.05) is 45.9 Å². The molecule has 0 spiro atoms. The first kappa shape index (κ1) is 32.2. The number of carbonyl (C=O) groups excluding carboxylic acids is 3. The van der Waals surface area contributed by atoms with Crippen LogP contribution < -0.4 is 0 Å². The van der Waals surface area contributed by atoms with Crippen LogP contribution in [-0.2, 0) is 35.1 Å². The van der Waals surface area contributed by atoms with E-state index in [1.54, 1.807) is 4.90 Å². The lowest BCUT2D eigenvalue weighted by Gasteiger charge is -2.49. The number of amides is 1. The maximum atomic E-state index is 14.3. The summed E-state index contributed by atoms with van der Waals surface area (Å²) in [7, 11) is 0. The molecule has 1 aliphatic carbocycles. The average molecular weight is 588 g/mol. The topological polar surface area (TPSA) is 97.8 Å². The summed E-state index contributed by atoms with van der Waals surface area (Å²) in [6.07, 6.45) is 4.68. The molecule has 10 heteroatoms. The molecule has 1 aromatic carbocycles. The van der Waals surface area contributed by atoms with Crippen LogP contribution in [0.1, 0.15) is 78.2 Å². The number of likely N-dealkylation sites (tertiary alicyclic amines) is 1. The second kappa shape index (κ2) is 14.7. The molecule has 10 nitrogen and oxygen atoms in total. The van der Waals surface area contributed by atoms with E-state index in [4.69, 9.17) is 18.9 Å². The van der Waals surface area contributed by atoms with E-state index in [1.807, 2.05) is 58.0 Å². The Morgan fingerprint density at radius 2 is 1.45 bits per heavy atom. The highest BCUT2D eigenvalue weighted by molar-refractivity contribution is 5.79. The van der Waals surface area contributed by atoms with Crippen molar-refractivity contribution >= 4 is 18.0 Å². The maximum Gasteiger partial charge on any atom is 0.410 e. The van der Waals surface area contributed by atoms with Crippen molar-refractivity contribution in [2.24, 2.45) is 5.92 Å². The highest BCUT2D eigenvalue weighted by Gasteiger charge is 2.55. The summed E-state index contributed by atoms with van der Waals surface area (Å²) in [5, 5.41) is 0. The Morgan fingerprint density at radius 1 is 0.810 bits per heavy atom. The zero-order chi connectivity index (χ0) is 30.2. The van der Waals surface area contributed by atoms with Gasteiger partial charge in [0.2, 0.25) is 0 Å². The molecule has 2 heterocycles. The summed E-state index contributed by atoms with van der Waals surface area (Å²) in [6.45, 7) is 11.4. The van der Waals surface area contributed by atoms with Gasteiger partial charge in [-0.1, -0.05) is 30.3 Å². The molecule has 4 rings (SSSR count). The first-order valence-electron chi connectivity index (χ1n) is 15.7. The van der Waals surface area contributed by atoms with Crippen molar-refractivity contribution in [3.63, 3.8) is 0 Å². The second-order valence-corrected chi connectivity index (χ2v) is 12.5. The monoisotopic (exact) mass is 587 g/mol. The molecular formula is C32H49N3O7. The Hall–Kier alpha value is -2.69. The van der Waals surface area contributed by atoms with E-state index in [0.717, 1.165) is 31.5 Å². The molecule has 0 aromatic heterocycles. The first-order valence-corrected chi connectivity index (χ1v) is 15.7. The number of hydrogen-bond acceptors (Lipinski definition) is 9. The lowest BCUT2D eigenvalue weighted by Crippen LogP contribution is -2.69. The normalized spacial score (nSPS) is 24.0. The molecule has 0 bridgehead atoms. The molecule has 234 valence electrons. The minimum absolute atomic E-state index is 0.138. The largest absolute Gasteiger partial charge is 0.466 e. The minimum Gasteiger partial charge on any atom is -0.466 e. The van der Waals surface area contributed by atoms with E-state index in [9.17, 15) is 14.4 Å². The highest BCUT2D eigenvalue weighted by atomic mass is 16.6. The smallest absolute Gasteiger partial charge is 0.410 e. The summed E-state index contributed by atoms with van der Waals surface area (Å²) in [5.74, 6) is -2.11. The van der Waals surface area contributed by atoms with Gasteiger partial charge in [-0.25, -0.2) is 9.59 Å². The van der Waals surface area contributed by atoms with Gasteiger partial charge in [0.1, 0.15) is 12.2 Å². The van der Waals surface area contributed by atoms with Crippen LogP contribution in [0, 0.1) is 5.92 Å². The maximum absolute atomic E-state index is 14.3. The summed E-state index contributed by atoms with van der Waals surface area (Å²) in [6, 6.07) is 9.64. The van der Waals surface area contributed by atoms with Gasteiger partial charge in [0.25, 0.3) is 5.85 Å². The molecule has 1 unspecified atom stereocenters. The number of hydrogen-bond donors (Lipinski definition) is 0. The van der Waals surface area contributed by atoms with E-state index in [2.05, 4.69) is 9.80 Å². The Kier molecular flexibility index (Phi) is 11.3. The third-order valence-corrected chi connectivity index (χ3v) is 8.21. The molecular weight excluding hydrogens is 538 g/mol. The van der Waals surface area contributed by atoms with E-state index >= 15 is 0 Å². The Bertz CT molecular complexity index is 1030. The fourth-order valence-electron chi connectivity index (χ4n) is 6.14. The van der Waals surface area contributed by atoms with Gasteiger partial charge in [-0.3, -0.25) is 14.6 Å². The Morgan fingerprint density at radius 3 is 2.10 bits per heavy atom. The summed E-state index contributed by atoms with van der Waals surface area (Å²) < 4.78 is 23.9. The van der Waals surface area contributed by atoms with E-state index < -0.39 is 17.4 Å². The first-order chi connectivity index (χ1) is 20.1. The summed E-state index contributed by atoms with van der Waals surface area (Å²) in [5.41, 5.74) is 0.234. The molecule has 2 aliphatic heterocycles. The predicted octanol–water partition coefficient (Wildman–Crippen LogP) is 4.56. The highest BCUT2D eigenvalue weighted by Crippen LogP contribution is 2.37. The van der Waals surface area contributed by atoms with Crippen molar-refractivity contribution in [3.05, 3.63) is 35.9 Å². The van der Waals surface area contributed by atoms with Crippen LogP contribution in [0.2, 0.25) is 0 Å². The van der Waals surface area contributed by atoms with Gasteiger partial charge in [0.05, 0.1) is 18.6 Å². The molecule has 0 radical (unpaired) electrons. The second-order valence-electron chi connectivity index (χ2n) is 12.5. The van der Waals surface area contributed by atoms with Crippen molar-refractivity contribution in [2.45, 2.75) is 96.8 Å². The standard InChI is InChI=1S/C32H49N3O7/c1-5-39-28(36)26-14-16-27(17-15-26)41-32(34-19-9-10-20-34,29(37)42-31(2,3)4)35-21-11-18-33(22-23-35)30(38)40-24-25-12-7-6-8-13-25/h6-8,12-13,26-27H,5,9-11,14-24H2,1-4H3/t26-,27-,32?. The van der Waals surface area contributed by atoms with E-state index in [-0.39, 0.29) is 30.7 Å². The van der Waals surface area contributed by atoms with E-state index in [0.29, 0.717) is 64.9 Å². The van der Waals surface area contributed by atoms with Gasteiger partial charge in [0, 0.05) is 39.3 Å². The quantitative estimate of drug-likeness (QED) is 0.304. The lowest BCUT2D eigenvalue weighted by atomic mass is 9.87. The Balaban J connectivity index is 1.52. The van der Waals surface area contributed by atoms with Crippen molar-refractivity contribution in [1.82, 2.24) is 14.7 Å². The minimum atomic E-state index is -1.41. The van der Waals surface area contributed by atoms with Gasteiger partial charge in [-0.15, -0.1) is 0 Å². The van der Waals surface area contributed by atoms with Crippen LogP contribution in [0.25, 0.3) is 0 Å². The number of esters is 2. The zero-order valence-corrected chi connectivity index (χ0v) is 25.8. The third-order valence-electron chi connectivity index (χ3n) is 8.21. The fraction of sp³-hybridized carbons (Fsp3) is 0.719. The molecule has 0 N–H and O–H groups in total. The van der Waals surface area contributed by atoms with Gasteiger partial charge in [-0.2, -0.15) is 0 Å². The molecule has 1 aromatic rings. The summed E-state index contributed by atoms with van der Waals surface area (Å²) in [4.78, 5) is 45.6. The van der Waals surface area contributed by atoms with Gasteiger partial charge in [0.15, 0.2) is 0 Å². The van der Waals surface area contributed by atoms with Crippen LogP contribution in [0.15, 0.2) is 30.3 Å². The molecule has 1 atom stereocenters. The van der Waals surface area contributed by atoms with Crippen LogP contribution >= 0.6 is 0 Å². The number of carbonyl (C=O) groups is 3. The number of rotatable bonds is 9. The van der Waals surface area contributed by atoms with E-state index in [1.165, 1.54) is 0 Å². The van der Waals surface area contributed by atoms with Gasteiger partial charge < -0.3 is 23.8 Å². The lowest BCUT2D eigenvalue weighted by molar-refractivity contribution is -0.277. The molecule has 1 amide bonds. The number of ether oxygens (including phenoxy) is 4.